The minimum absolute atomic E-state index is 0.227. The first-order valence-electron chi connectivity index (χ1n) is 7.93. The van der Waals surface area contributed by atoms with E-state index < -0.39 is 0 Å². The van der Waals surface area contributed by atoms with Gasteiger partial charge in [0.2, 0.25) is 0 Å². The van der Waals surface area contributed by atoms with E-state index in [2.05, 4.69) is 10.3 Å². The molecule has 1 amide bonds. The van der Waals surface area contributed by atoms with E-state index in [1.807, 2.05) is 61.5 Å². The second-order valence-electron chi connectivity index (χ2n) is 5.64. The first-order valence-corrected chi connectivity index (χ1v) is 7.93. The lowest BCUT2D eigenvalue weighted by Gasteiger charge is -2.09. The van der Waals surface area contributed by atoms with Gasteiger partial charge >= 0.3 is 0 Å². The average molecular weight is 333 g/mol. The Labute approximate surface area is 146 Å². The number of nitrogens with two attached hydrogens (primary N) is 1. The molecule has 3 rings (SSSR count). The summed E-state index contributed by atoms with van der Waals surface area (Å²) in [5.74, 6) is 0.769. The number of amides is 1. The number of hydrogen-bond donors (Lipinski definition) is 2. The number of hydrogen-bond acceptors (Lipinski definition) is 4. The van der Waals surface area contributed by atoms with Gasteiger partial charge in [0.1, 0.15) is 18.2 Å². The molecule has 0 saturated heterocycles. The molecule has 0 radical (unpaired) electrons. The summed E-state index contributed by atoms with van der Waals surface area (Å²) >= 11 is 0. The fraction of sp³-hybridized carbons (Fsp3) is 0.100. The molecule has 0 saturated carbocycles. The lowest BCUT2D eigenvalue weighted by Crippen LogP contribution is -2.15. The molecule has 0 fully saturated rings. The zero-order valence-electron chi connectivity index (χ0n) is 13.9. The highest BCUT2D eigenvalue weighted by Gasteiger charge is 2.11. The minimum atomic E-state index is -0.279. The highest BCUT2D eigenvalue weighted by molar-refractivity contribution is 6.07. The second-order valence-corrected chi connectivity index (χ2v) is 5.64. The summed E-state index contributed by atoms with van der Waals surface area (Å²) in [6.07, 6.45) is 0. The SMILES string of the molecule is Cc1ccc(C(=O)Nc2ccc(COc3ccccc3)cc2)c(N)n1. The van der Waals surface area contributed by atoms with Gasteiger partial charge in [-0.2, -0.15) is 0 Å². The normalized spacial score (nSPS) is 10.3. The number of nitrogen functional groups attached to an aromatic ring is 1. The van der Waals surface area contributed by atoms with E-state index >= 15 is 0 Å². The van der Waals surface area contributed by atoms with E-state index in [1.165, 1.54) is 0 Å². The third-order valence-corrected chi connectivity index (χ3v) is 3.67. The number of pyridine rings is 1. The third-order valence-electron chi connectivity index (χ3n) is 3.67. The predicted octanol–water partition coefficient (Wildman–Crippen LogP) is 3.80. The fourth-order valence-corrected chi connectivity index (χ4v) is 2.33. The largest absolute Gasteiger partial charge is 0.489 e. The Kier molecular flexibility index (Phi) is 4.95. The number of carbonyl (C=O) groups excluding carboxylic acids is 1. The number of carbonyl (C=O) groups is 1. The lowest BCUT2D eigenvalue weighted by atomic mass is 10.2. The van der Waals surface area contributed by atoms with Crippen molar-refractivity contribution in [3.8, 4) is 5.75 Å². The smallest absolute Gasteiger partial charge is 0.259 e. The first kappa shape index (κ1) is 16.5. The molecule has 0 bridgehead atoms. The Balaban J connectivity index is 1.61. The molecule has 2 aromatic carbocycles. The Morgan fingerprint density at radius 1 is 1.04 bits per heavy atom. The van der Waals surface area contributed by atoms with Gasteiger partial charge in [-0.25, -0.2) is 4.98 Å². The van der Waals surface area contributed by atoms with Gasteiger partial charge in [0.05, 0.1) is 5.56 Å². The number of nitrogens with one attached hydrogen (secondary N) is 1. The molecule has 5 heteroatoms. The molecule has 3 N–H and O–H groups in total. The zero-order chi connectivity index (χ0) is 17.6. The molecule has 0 unspecified atom stereocenters. The number of benzene rings is 2. The quantitative estimate of drug-likeness (QED) is 0.744. The van der Waals surface area contributed by atoms with Gasteiger partial charge in [-0.15, -0.1) is 0 Å². The fourth-order valence-electron chi connectivity index (χ4n) is 2.33. The molecule has 0 aliphatic rings. The van der Waals surface area contributed by atoms with Crippen molar-refractivity contribution in [2.45, 2.75) is 13.5 Å². The number of rotatable bonds is 5. The lowest BCUT2D eigenvalue weighted by molar-refractivity contribution is 0.102. The van der Waals surface area contributed by atoms with Gasteiger partial charge < -0.3 is 15.8 Å². The Bertz CT molecular complexity index is 862. The Hall–Kier alpha value is -3.34. The van der Waals surface area contributed by atoms with Crippen LogP contribution in [0.25, 0.3) is 0 Å². The maximum Gasteiger partial charge on any atom is 0.259 e. The maximum absolute atomic E-state index is 12.3. The number of aromatic nitrogens is 1. The van der Waals surface area contributed by atoms with Crippen molar-refractivity contribution in [1.82, 2.24) is 4.98 Å². The van der Waals surface area contributed by atoms with E-state index in [1.54, 1.807) is 12.1 Å². The molecule has 0 aliphatic carbocycles. The summed E-state index contributed by atoms with van der Waals surface area (Å²) in [7, 11) is 0. The van der Waals surface area contributed by atoms with Crippen LogP contribution in [-0.4, -0.2) is 10.9 Å². The van der Waals surface area contributed by atoms with Crippen LogP contribution in [0, 0.1) is 6.92 Å². The number of aryl methyl sites for hydroxylation is 1. The molecule has 3 aromatic rings. The van der Waals surface area contributed by atoms with Crippen molar-refractivity contribution < 1.29 is 9.53 Å². The molecule has 0 spiro atoms. The summed E-state index contributed by atoms with van der Waals surface area (Å²) in [5.41, 5.74) is 8.65. The van der Waals surface area contributed by atoms with Crippen LogP contribution in [0.1, 0.15) is 21.6 Å². The van der Waals surface area contributed by atoms with Crippen molar-refractivity contribution in [2.24, 2.45) is 0 Å². The zero-order valence-corrected chi connectivity index (χ0v) is 13.9. The van der Waals surface area contributed by atoms with Crippen LogP contribution in [0.4, 0.5) is 11.5 Å². The summed E-state index contributed by atoms with van der Waals surface area (Å²) < 4.78 is 5.70. The van der Waals surface area contributed by atoms with Crippen LogP contribution in [0.3, 0.4) is 0 Å². The number of para-hydroxylation sites is 1. The third kappa shape index (κ3) is 4.35. The van der Waals surface area contributed by atoms with E-state index in [9.17, 15) is 4.79 Å². The highest BCUT2D eigenvalue weighted by Crippen LogP contribution is 2.16. The molecule has 5 nitrogen and oxygen atoms in total. The standard InChI is InChI=1S/C20H19N3O2/c1-14-7-12-18(19(21)22-14)20(24)23-16-10-8-15(9-11-16)13-25-17-5-3-2-4-6-17/h2-12H,13H2,1H3,(H2,21,22)(H,23,24). The molecule has 126 valence electrons. The topological polar surface area (TPSA) is 77.2 Å². The molecule has 0 aliphatic heterocycles. The van der Waals surface area contributed by atoms with Crippen LogP contribution in [0.5, 0.6) is 5.75 Å². The molecule has 0 atom stereocenters. The van der Waals surface area contributed by atoms with Crippen LogP contribution in [-0.2, 0) is 6.61 Å². The van der Waals surface area contributed by atoms with Crippen molar-refractivity contribution >= 4 is 17.4 Å². The molecular weight excluding hydrogens is 314 g/mol. The van der Waals surface area contributed by atoms with Gasteiger partial charge in [0, 0.05) is 11.4 Å². The number of anilines is 2. The number of ether oxygens (including phenoxy) is 1. The van der Waals surface area contributed by atoms with Crippen molar-refractivity contribution in [3.63, 3.8) is 0 Å². The van der Waals surface area contributed by atoms with Gasteiger partial charge in [0.15, 0.2) is 0 Å². The van der Waals surface area contributed by atoms with Crippen LogP contribution < -0.4 is 15.8 Å². The van der Waals surface area contributed by atoms with Crippen LogP contribution >= 0.6 is 0 Å². The van der Waals surface area contributed by atoms with E-state index in [4.69, 9.17) is 10.5 Å². The van der Waals surface area contributed by atoms with Crippen LogP contribution in [0.15, 0.2) is 66.7 Å². The van der Waals surface area contributed by atoms with Gasteiger partial charge in [-0.3, -0.25) is 4.79 Å². The van der Waals surface area contributed by atoms with Gasteiger partial charge in [-0.05, 0) is 48.9 Å². The predicted molar refractivity (Wildman–Crippen MR) is 98.6 cm³/mol. The van der Waals surface area contributed by atoms with Gasteiger partial charge in [0.25, 0.3) is 5.91 Å². The van der Waals surface area contributed by atoms with E-state index in [0.717, 1.165) is 17.0 Å². The van der Waals surface area contributed by atoms with Crippen molar-refractivity contribution in [1.29, 1.82) is 0 Å². The summed E-state index contributed by atoms with van der Waals surface area (Å²) in [6.45, 7) is 2.29. The maximum atomic E-state index is 12.3. The Morgan fingerprint density at radius 2 is 1.76 bits per heavy atom. The van der Waals surface area contributed by atoms with Crippen LogP contribution in [0.2, 0.25) is 0 Å². The summed E-state index contributed by atoms with van der Waals surface area (Å²) in [4.78, 5) is 16.4. The molecule has 1 heterocycles. The van der Waals surface area contributed by atoms with Gasteiger partial charge in [-0.1, -0.05) is 30.3 Å². The monoisotopic (exact) mass is 333 g/mol. The Morgan fingerprint density at radius 3 is 2.44 bits per heavy atom. The van der Waals surface area contributed by atoms with Crippen molar-refractivity contribution in [3.05, 3.63) is 83.6 Å². The summed E-state index contributed by atoms with van der Waals surface area (Å²) in [5, 5.41) is 2.82. The van der Waals surface area contributed by atoms with Crippen molar-refractivity contribution in [2.75, 3.05) is 11.1 Å². The number of nitrogens with zero attached hydrogens (tertiary/aromatic N) is 1. The second kappa shape index (κ2) is 7.49. The average Bonchev–Trinajstić information content (AvgIpc) is 2.62. The van der Waals surface area contributed by atoms with E-state index in [-0.39, 0.29) is 11.7 Å². The summed E-state index contributed by atoms with van der Waals surface area (Å²) in [6, 6.07) is 20.6. The minimum Gasteiger partial charge on any atom is -0.489 e. The first-order chi connectivity index (χ1) is 12.1. The highest BCUT2D eigenvalue weighted by atomic mass is 16.5. The van der Waals surface area contributed by atoms with E-state index in [0.29, 0.717) is 17.9 Å². The molecule has 1 aromatic heterocycles. The molecule has 25 heavy (non-hydrogen) atoms. The molecular formula is C20H19N3O2.